The van der Waals surface area contributed by atoms with Crippen LogP contribution in [0.2, 0.25) is 0 Å². The fourth-order valence-corrected chi connectivity index (χ4v) is 2.07. The largest absolute Gasteiger partial charge is 0.481 e. The molecule has 142 valence electrons. The van der Waals surface area contributed by atoms with Crippen molar-refractivity contribution in [1.29, 1.82) is 0 Å². The van der Waals surface area contributed by atoms with Crippen LogP contribution in [0, 0.1) is 0 Å². The Bertz CT molecular complexity index is 816. The molecule has 10 heteroatoms. The van der Waals surface area contributed by atoms with E-state index in [9.17, 15) is 14.4 Å². The Morgan fingerprint density at radius 2 is 1.59 bits per heavy atom. The third-order valence-electron chi connectivity index (χ3n) is 3.44. The van der Waals surface area contributed by atoms with Crippen molar-refractivity contribution >= 4 is 30.0 Å². The first-order valence-corrected chi connectivity index (χ1v) is 7.74. The van der Waals surface area contributed by atoms with Crippen LogP contribution < -0.4 is 19.7 Å². The molecule has 1 aromatic heterocycles. The van der Waals surface area contributed by atoms with E-state index in [2.05, 4.69) is 15.3 Å². The van der Waals surface area contributed by atoms with Crippen LogP contribution in [0.15, 0.2) is 30.3 Å². The molecule has 1 N–H and O–H groups in total. The Balaban J connectivity index is 2.21. The molecule has 0 unspecified atom stereocenters. The molecule has 0 radical (unpaired) electrons. The molecule has 0 saturated heterocycles. The maximum Gasteiger partial charge on any atom is 0.335 e. The highest BCUT2D eigenvalue weighted by molar-refractivity contribution is 6.11. The summed E-state index contributed by atoms with van der Waals surface area (Å²) >= 11 is 0. The van der Waals surface area contributed by atoms with E-state index in [4.69, 9.17) is 9.47 Å². The van der Waals surface area contributed by atoms with Gasteiger partial charge in [-0.15, -0.1) is 0 Å². The zero-order valence-corrected chi connectivity index (χ0v) is 15.3. The Morgan fingerprint density at radius 3 is 2.04 bits per heavy atom. The van der Waals surface area contributed by atoms with Gasteiger partial charge in [0.25, 0.3) is 5.91 Å². The second kappa shape index (κ2) is 8.61. The average molecular weight is 373 g/mol. The predicted molar refractivity (Wildman–Crippen MR) is 97.2 cm³/mol. The highest BCUT2D eigenvalue weighted by Gasteiger charge is 2.18. The van der Waals surface area contributed by atoms with Gasteiger partial charge >= 0.3 is 6.03 Å². The van der Waals surface area contributed by atoms with Gasteiger partial charge in [0.05, 0.1) is 26.0 Å². The molecule has 0 fully saturated rings. The predicted octanol–water partition coefficient (Wildman–Crippen LogP) is 1.39. The smallest absolute Gasteiger partial charge is 0.335 e. The first-order valence-electron chi connectivity index (χ1n) is 7.74. The fourth-order valence-electron chi connectivity index (χ4n) is 2.07. The van der Waals surface area contributed by atoms with Gasteiger partial charge in [0.1, 0.15) is 0 Å². The third kappa shape index (κ3) is 4.69. The zero-order valence-electron chi connectivity index (χ0n) is 15.3. The molecular weight excluding hydrogens is 354 g/mol. The number of hydrogen-bond donors (Lipinski definition) is 1. The number of amides is 4. The molecule has 0 bridgehead atoms. The number of benzene rings is 1. The summed E-state index contributed by atoms with van der Waals surface area (Å²) in [6.07, 6.45) is 0.343. The van der Waals surface area contributed by atoms with Gasteiger partial charge in [-0.3, -0.25) is 14.9 Å². The topological polar surface area (TPSA) is 114 Å². The van der Waals surface area contributed by atoms with E-state index in [-0.39, 0.29) is 29.3 Å². The van der Waals surface area contributed by atoms with Gasteiger partial charge in [-0.05, 0) is 24.3 Å². The summed E-state index contributed by atoms with van der Waals surface area (Å²) in [6, 6.07) is 6.66. The minimum absolute atomic E-state index is 0.0949. The third-order valence-corrected chi connectivity index (χ3v) is 3.44. The van der Waals surface area contributed by atoms with Crippen molar-refractivity contribution in [2.75, 3.05) is 38.5 Å². The minimum Gasteiger partial charge on any atom is -0.481 e. The van der Waals surface area contributed by atoms with Crippen molar-refractivity contribution in [3.63, 3.8) is 0 Å². The Labute approximate surface area is 155 Å². The monoisotopic (exact) mass is 373 g/mol. The van der Waals surface area contributed by atoms with Crippen molar-refractivity contribution in [1.82, 2.24) is 14.9 Å². The van der Waals surface area contributed by atoms with E-state index >= 15 is 0 Å². The molecule has 0 aliphatic carbocycles. The van der Waals surface area contributed by atoms with E-state index in [1.54, 1.807) is 14.1 Å². The summed E-state index contributed by atoms with van der Waals surface area (Å²) in [5, 5.41) is 2.39. The number of anilines is 2. The minimum atomic E-state index is -0.785. The summed E-state index contributed by atoms with van der Waals surface area (Å²) in [5.74, 6) is 0.0747. The Morgan fingerprint density at radius 1 is 1.04 bits per heavy atom. The van der Waals surface area contributed by atoms with Crippen LogP contribution in [0.4, 0.5) is 16.4 Å². The van der Waals surface area contributed by atoms with E-state index in [0.29, 0.717) is 12.0 Å². The number of methoxy groups -OCH3 is 2. The van der Waals surface area contributed by atoms with Crippen LogP contribution in [0.3, 0.4) is 0 Å². The van der Waals surface area contributed by atoms with Crippen molar-refractivity contribution in [3.05, 3.63) is 35.9 Å². The molecule has 27 heavy (non-hydrogen) atoms. The van der Waals surface area contributed by atoms with Gasteiger partial charge < -0.3 is 14.4 Å². The number of aromatic nitrogens is 2. The second-order valence-electron chi connectivity index (χ2n) is 5.43. The lowest BCUT2D eigenvalue weighted by molar-refractivity contribution is -0.106. The van der Waals surface area contributed by atoms with Gasteiger partial charge in [-0.1, -0.05) is 0 Å². The van der Waals surface area contributed by atoms with E-state index in [1.807, 2.05) is 0 Å². The molecule has 4 amide bonds. The van der Waals surface area contributed by atoms with Crippen molar-refractivity contribution in [2.45, 2.75) is 0 Å². The molecule has 1 heterocycles. The molecule has 1 aromatic carbocycles. The van der Waals surface area contributed by atoms with Crippen LogP contribution in [0.25, 0.3) is 0 Å². The van der Waals surface area contributed by atoms with Crippen LogP contribution >= 0.6 is 0 Å². The Kier molecular flexibility index (Phi) is 6.26. The first kappa shape index (κ1) is 19.6. The second-order valence-corrected chi connectivity index (χ2v) is 5.43. The highest BCUT2D eigenvalue weighted by atomic mass is 16.5. The van der Waals surface area contributed by atoms with Crippen LogP contribution in [0.1, 0.15) is 10.4 Å². The van der Waals surface area contributed by atoms with E-state index < -0.39 is 6.03 Å². The number of urea groups is 1. The maximum atomic E-state index is 12.4. The number of rotatable bonds is 6. The molecule has 0 aliphatic heterocycles. The number of nitrogens with zero attached hydrogens (tertiary/aromatic N) is 4. The number of ether oxygens (including phenoxy) is 2. The van der Waals surface area contributed by atoms with Crippen LogP contribution in [0.5, 0.6) is 11.8 Å². The van der Waals surface area contributed by atoms with Crippen molar-refractivity contribution in [2.24, 2.45) is 0 Å². The summed E-state index contributed by atoms with van der Waals surface area (Å²) in [5.41, 5.74) is 0.698. The Hall–Kier alpha value is -3.69. The average Bonchev–Trinajstić information content (AvgIpc) is 2.68. The van der Waals surface area contributed by atoms with Crippen LogP contribution in [-0.2, 0) is 4.79 Å². The molecule has 2 rings (SSSR count). The van der Waals surface area contributed by atoms with Gasteiger partial charge in [0.15, 0.2) is 0 Å². The number of carbonyl (C=O) groups excluding carboxylic acids is 3. The number of carbonyl (C=O) groups is 3. The number of imide groups is 1. The fraction of sp³-hybridized carbons (Fsp3) is 0.235. The molecule has 2 aromatic rings. The summed E-state index contributed by atoms with van der Waals surface area (Å²) in [4.78, 5) is 45.9. The van der Waals surface area contributed by atoms with Gasteiger partial charge in [-0.2, -0.15) is 9.97 Å². The van der Waals surface area contributed by atoms with E-state index in [1.165, 1.54) is 49.5 Å². The molecule has 0 aliphatic rings. The number of nitrogens with one attached hydrogen (secondary N) is 1. The highest BCUT2D eigenvalue weighted by Crippen LogP contribution is 2.19. The lowest BCUT2D eigenvalue weighted by Gasteiger charge is -2.17. The van der Waals surface area contributed by atoms with Gasteiger partial charge in [0, 0.05) is 19.7 Å². The molecule has 0 spiro atoms. The summed E-state index contributed by atoms with van der Waals surface area (Å²) < 4.78 is 10.0. The lowest BCUT2D eigenvalue weighted by Crippen LogP contribution is -2.34. The molecular formula is C17H19N5O5. The standard InChI is InChI=1S/C17H19N5O5/c1-21(2)15(24)11-5-7-12(8-6-11)22(10-23)17(25)20-16-18-13(26-3)9-14(19-16)27-4/h5-10H,1-4H3,(H,18,19,20,25). The first-order chi connectivity index (χ1) is 12.9. The van der Waals surface area contributed by atoms with Gasteiger partial charge in [-0.25, -0.2) is 9.69 Å². The molecule has 0 saturated carbocycles. The van der Waals surface area contributed by atoms with Gasteiger partial charge in [0.2, 0.25) is 24.1 Å². The summed E-state index contributed by atoms with van der Waals surface area (Å²) in [6.45, 7) is 0. The molecule has 0 atom stereocenters. The normalized spacial score (nSPS) is 9.93. The zero-order chi connectivity index (χ0) is 20.0. The lowest BCUT2D eigenvalue weighted by atomic mass is 10.2. The maximum absolute atomic E-state index is 12.4. The number of hydrogen-bond acceptors (Lipinski definition) is 7. The summed E-state index contributed by atoms with van der Waals surface area (Å²) in [7, 11) is 6.07. The van der Waals surface area contributed by atoms with Crippen molar-refractivity contribution < 1.29 is 23.9 Å². The SMILES string of the molecule is COc1cc(OC)nc(NC(=O)N(C=O)c2ccc(C(=O)N(C)C)cc2)n1. The van der Waals surface area contributed by atoms with Crippen LogP contribution in [-0.4, -0.2) is 61.5 Å². The molecule has 10 nitrogen and oxygen atoms in total. The van der Waals surface area contributed by atoms with E-state index in [0.717, 1.165) is 4.90 Å². The van der Waals surface area contributed by atoms with Crippen molar-refractivity contribution in [3.8, 4) is 11.8 Å². The quantitative estimate of drug-likeness (QED) is 0.761.